The van der Waals surface area contributed by atoms with Gasteiger partial charge in [0.15, 0.2) is 25.2 Å². The van der Waals surface area contributed by atoms with E-state index in [1.165, 1.54) is 6.92 Å². The van der Waals surface area contributed by atoms with E-state index in [2.05, 4.69) is 0 Å². The van der Waals surface area contributed by atoms with Gasteiger partial charge in [0.1, 0.15) is 91.6 Å². The van der Waals surface area contributed by atoms with Crippen LogP contribution in [0.25, 0.3) is 0 Å². The lowest BCUT2D eigenvalue weighted by Gasteiger charge is -2.49. The fourth-order valence-corrected chi connectivity index (χ4v) is 5.47. The van der Waals surface area contributed by atoms with E-state index in [1.807, 2.05) is 0 Å². The van der Waals surface area contributed by atoms with E-state index < -0.39 is 143 Å². The molecule has 4 rings (SSSR count). The average Bonchev–Trinajstić information content (AvgIpc) is 3.01. The molecule has 0 aromatic rings. The lowest BCUT2D eigenvalue weighted by atomic mass is 9.96. The fourth-order valence-electron chi connectivity index (χ4n) is 5.47. The van der Waals surface area contributed by atoms with Crippen LogP contribution in [0.15, 0.2) is 0 Å². The number of aliphatic hydroxyl groups is 13. The molecular formula is C24H42O20. The molecule has 0 aromatic carbocycles. The van der Waals surface area contributed by atoms with Crippen LogP contribution < -0.4 is 0 Å². The minimum absolute atomic E-state index is 0.831. The Bertz CT molecular complexity index is 898. The van der Waals surface area contributed by atoms with Crippen molar-refractivity contribution in [3.63, 3.8) is 0 Å². The number of aliphatic hydroxyl groups excluding tert-OH is 13. The predicted octanol–water partition coefficient (Wildman–Crippen LogP) is -8.72. The van der Waals surface area contributed by atoms with Gasteiger partial charge in [0.2, 0.25) is 0 Å². The van der Waals surface area contributed by atoms with E-state index in [-0.39, 0.29) is 0 Å². The fraction of sp³-hybridized carbons (Fsp3) is 1.00. The predicted molar refractivity (Wildman–Crippen MR) is 132 cm³/mol. The molecule has 0 radical (unpaired) electrons. The molecule has 4 aliphatic heterocycles. The van der Waals surface area contributed by atoms with Crippen molar-refractivity contribution < 1.29 is 99.5 Å². The molecule has 0 saturated carbocycles. The quantitative estimate of drug-likeness (QED) is 0.110. The molecule has 0 aliphatic carbocycles. The zero-order valence-corrected chi connectivity index (χ0v) is 23.3. The van der Waals surface area contributed by atoms with Crippen molar-refractivity contribution in [1.82, 2.24) is 0 Å². The molecule has 4 aliphatic rings. The standard InChI is InChI=1S/C24H42O20/c1-5-9(28)11(30)16(35)22(38-5)42-19-8(4-27)41-23(17(36)14(19)33)44-20-12(31)10(29)6(2-25)40-24(20)43-18-7(3-26)39-21(37)15(34)13(18)32/h5-37H,2-4H2,1H3/t5-,6+,7+,8+,9-,10+,11+,12-,13+,14+,15+,16+,17+,18-,19+,20+,21?,22-,23-,24-/m0/s1. The Hall–Kier alpha value is -0.800. The second-order valence-corrected chi connectivity index (χ2v) is 11.1. The first-order valence-electron chi connectivity index (χ1n) is 14.0. The molecule has 0 bridgehead atoms. The highest BCUT2D eigenvalue weighted by atomic mass is 16.8. The van der Waals surface area contributed by atoms with E-state index in [4.69, 9.17) is 33.2 Å². The Kier molecular flexibility index (Phi) is 12.3. The van der Waals surface area contributed by atoms with E-state index in [0.717, 1.165) is 0 Å². The highest BCUT2D eigenvalue weighted by molar-refractivity contribution is 4.97. The Morgan fingerprint density at radius 3 is 1.43 bits per heavy atom. The van der Waals surface area contributed by atoms with Crippen molar-refractivity contribution in [2.45, 2.75) is 130 Å². The second-order valence-electron chi connectivity index (χ2n) is 11.1. The zero-order valence-electron chi connectivity index (χ0n) is 23.3. The molecule has 0 spiro atoms. The lowest BCUT2D eigenvalue weighted by Crippen LogP contribution is -2.67. The maximum absolute atomic E-state index is 10.9. The van der Waals surface area contributed by atoms with Crippen LogP contribution in [0.5, 0.6) is 0 Å². The second kappa shape index (κ2) is 15.0. The van der Waals surface area contributed by atoms with E-state index in [1.54, 1.807) is 0 Å². The minimum Gasteiger partial charge on any atom is -0.394 e. The molecule has 4 heterocycles. The van der Waals surface area contributed by atoms with Crippen LogP contribution in [0.3, 0.4) is 0 Å². The number of hydrogen-bond donors (Lipinski definition) is 13. The maximum atomic E-state index is 10.9. The van der Waals surface area contributed by atoms with Gasteiger partial charge in [0.05, 0.1) is 25.9 Å². The van der Waals surface area contributed by atoms with Crippen molar-refractivity contribution in [1.29, 1.82) is 0 Å². The van der Waals surface area contributed by atoms with Gasteiger partial charge in [0, 0.05) is 0 Å². The summed E-state index contributed by atoms with van der Waals surface area (Å²) >= 11 is 0. The van der Waals surface area contributed by atoms with Gasteiger partial charge in [0.25, 0.3) is 0 Å². The van der Waals surface area contributed by atoms with Crippen LogP contribution in [0, 0.1) is 0 Å². The summed E-state index contributed by atoms with van der Waals surface area (Å²) in [6.45, 7) is -1.17. The molecule has 20 nitrogen and oxygen atoms in total. The average molecular weight is 651 g/mol. The molecule has 13 N–H and O–H groups in total. The summed E-state index contributed by atoms with van der Waals surface area (Å²) in [6, 6.07) is 0. The zero-order chi connectivity index (χ0) is 32.6. The van der Waals surface area contributed by atoms with E-state index in [0.29, 0.717) is 0 Å². The van der Waals surface area contributed by atoms with Crippen LogP contribution in [0.4, 0.5) is 0 Å². The van der Waals surface area contributed by atoms with E-state index >= 15 is 0 Å². The molecule has 20 heteroatoms. The third-order valence-electron chi connectivity index (χ3n) is 8.17. The third kappa shape index (κ3) is 7.05. The van der Waals surface area contributed by atoms with Crippen molar-refractivity contribution >= 4 is 0 Å². The largest absolute Gasteiger partial charge is 0.394 e. The van der Waals surface area contributed by atoms with Crippen LogP contribution in [0.2, 0.25) is 0 Å². The van der Waals surface area contributed by atoms with Crippen molar-refractivity contribution in [2.75, 3.05) is 19.8 Å². The summed E-state index contributed by atoms with van der Waals surface area (Å²) in [5.74, 6) is 0. The third-order valence-corrected chi connectivity index (χ3v) is 8.17. The molecular weight excluding hydrogens is 608 g/mol. The Labute approximate surface area is 249 Å². The van der Waals surface area contributed by atoms with E-state index in [9.17, 15) is 66.4 Å². The molecule has 4 saturated heterocycles. The molecule has 4 fully saturated rings. The minimum atomic E-state index is -2.03. The SMILES string of the molecule is C[C@@H]1O[C@@H](O[C@H]2[C@H](O)[C@@H](O)[C@H](O[C@H]3[C@H](O[C@@H]4[C@H](O)[C@@H](O)C(O)O[C@@H]4CO)O[C@H](CO)[C@@H](O)[C@@H]3O)O[C@@H]2CO)[C@H](O)[C@H](O)[C@H]1O. The molecule has 1 unspecified atom stereocenters. The summed E-state index contributed by atoms with van der Waals surface area (Å²) in [7, 11) is 0. The van der Waals surface area contributed by atoms with Gasteiger partial charge in [-0.25, -0.2) is 0 Å². The highest BCUT2D eigenvalue weighted by Gasteiger charge is 2.55. The summed E-state index contributed by atoms with van der Waals surface area (Å²) < 4.78 is 38.3. The number of hydrogen-bond acceptors (Lipinski definition) is 20. The molecule has 0 aromatic heterocycles. The molecule has 44 heavy (non-hydrogen) atoms. The maximum Gasteiger partial charge on any atom is 0.187 e. The number of rotatable bonds is 9. The Balaban J connectivity index is 1.52. The van der Waals surface area contributed by atoms with Crippen LogP contribution in [-0.4, -0.2) is 209 Å². The summed E-state index contributed by atoms with van der Waals surface area (Å²) in [6.07, 6.45) is -34.3. The van der Waals surface area contributed by atoms with Gasteiger partial charge in [-0.05, 0) is 6.92 Å². The van der Waals surface area contributed by atoms with Crippen LogP contribution in [0.1, 0.15) is 6.92 Å². The Morgan fingerprint density at radius 2 is 0.841 bits per heavy atom. The molecule has 20 atom stereocenters. The lowest BCUT2D eigenvalue weighted by molar-refractivity contribution is -0.395. The van der Waals surface area contributed by atoms with Crippen LogP contribution in [-0.2, 0) is 33.2 Å². The molecule has 258 valence electrons. The smallest absolute Gasteiger partial charge is 0.187 e. The van der Waals surface area contributed by atoms with Gasteiger partial charge in [-0.3, -0.25) is 0 Å². The van der Waals surface area contributed by atoms with Gasteiger partial charge >= 0.3 is 0 Å². The Morgan fingerprint density at radius 1 is 0.409 bits per heavy atom. The monoisotopic (exact) mass is 650 g/mol. The highest BCUT2D eigenvalue weighted by Crippen LogP contribution is 2.34. The topological polar surface area (TPSA) is 328 Å². The molecule has 0 amide bonds. The summed E-state index contributed by atoms with van der Waals surface area (Å²) in [5.41, 5.74) is 0. The van der Waals surface area contributed by atoms with Crippen LogP contribution >= 0.6 is 0 Å². The van der Waals surface area contributed by atoms with Gasteiger partial charge in [-0.15, -0.1) is 0 Å². The first-order chi connectivity index (χ1) is 20.7. The first-order valence-corrected chi connectivity index (χ1v) is 14.0. The first kappa shape index (κ1) is 36.0. The number of ether oxygens (including phenoxy) is 7. The van der Waals surface area contributed by atoms with Gasteiger partial charge in [-0.2, -0.15) is 0 Å². The summed E-state index contributed by atoms with van der Waals surface area (Å²) in [4.78, 5) is 0. The summed E-state index contributed by atoms with van der Waals surface area (Å²) in [5, 5.41) is 133. The van der Waals surface area contributed by atoms with Crippen molar-refractivity contribution in [3.8, 4) is 0 Å². The van der Waals surface area contributed by atoms with Gasteiger partial charge in [-0.1, -0.05) is 0 Å². The van der Waals surface area contributed by atoms with Crippen molar-refractivity contribution in [3.05, 3.63) is 0 Å². The van der Waals surface area contributed by atoms with Crippen molar-refractivity contribution in [2.24, 2.45) is 0 Å². The van der Waals surface area contributed by atoms with Gasteiger partial charge < -0.3 is 99.5 Å². The normalized spacial score (nSPS) is 53.9.